The van der Waals surface area contributed by atoms with Crippen molar-refractivity contribution in [3.05, 3.63) is 101 Å². The average molecular weight is 449 g/mol. The van der Waals surface area contributed by atoms with Gasteiger partial charge in [-0.25, -0.2) is 9.78 Å². The Morgan fingerprint density at radius 2 is 1.78 bits per heavy atom. The van der Waals surface area contributed by atoms with Gasteiger partial charge in [-0.2, -0.15) is 0 Å². The predicted octanol–water partition coefficient (Wildman–Crippen LogP) is 5.07. The zero-order valence-corrected chi connectivity index (χ0v) is 17.7. The molecule has 2 atom stereocenters. The Balaban J connectivity index is 1.51. The van der Waals surface area contributed by atoms with Gasteiger partial charge >= 0.3 is 5.97 Å². The Morgan fingerprint density at radius 3 is 2.59 bits per heavy atom. The third-order valence-electron chi connectivity index (χ3n) is 5.01. The first-order valence-corrected chi connectivity index (χ1v) is 10.4. The fourth-order valence-corrected chi connectivity index (χ4v) is 3.65. The smallest absolute Gasteiger partial charge is 0.335 e. The van der Waals surface area contributed by atoms with Gasteiger partial charge in [-0.3, -0.25) is 0 Å². The van der Waals surface area contributed by atoms with Crippen molar-refractivity contribution < 1.29 is 19.7 Å². The Kier molecular flexibility index (Phi) is 6.54. The number of fused-ring (bicyclic) bond motifs is 1. The molecule has 1 aromatic heterocycles. The minimum absolute atomic E-state index is 0.278. The minimum atomic E-state index is -1.69. The van der Waals surface area contributed by atoms with Gasteiger partial charge in [0.2, 0.25) is 0 Å². The van der Waals surface area contributed by atoms with Crippen molar-refractivity contribution in [2.75, 3.05) is 5.32 Å². The summed E-state index contributed by atoms with van der Waals surface area (Å²) in [6.45, 7) is 0.278. The van der Waals surface area contributed by atoms with Crippen LogP contribution in [-0.2, 0) is 11.4 Å². The number of carboxylic acids is 1. The molecule has 6 nitrogen and oxygen atoms in total. The second-order valence-corrected chi connectivity index (χ2v) is 7.65. The third kappa shape index (κ3) is 4.99. The molecule has 0 saturated carbocycles. The van der Waals surface area contributed by atoms with E-state index in [0.717, 1.165) is 16.6 Å². The van der Waals surface area contributed by atoms with Gasteiger partial charge in [0.15, 0.2) is 6.10 Å². The van der Waals surface area contributed by atoms with E-state index in [9.17, 15) is 15.0 Å². The number of para-hydroxylation sites is 1. The van der Waals surface area contributed by atoms with Crippen molar-refractivity contribution in [3.63, 3.8) is 0 Å². The van der Waals surface area contributed by atoms with Crippen LogP contribution in [0.1, 0.15) is 17.3 Å². The van der Waals surface area contributed by atoms with Crippen molar-refractivity contribution in [1.82, 2.24) is 4.98 Å². The molecule has 0 spiro atoms. The normalized spacial score (nSPS) is 12.8. The van der Waals surface area contributed by atoms with Crippen LogP contribution < -0.4 is 10.1 Å². The number of aliphatic carboxylic acids is 1. The summed E-state index contributed by atoms with van der Waals surface area (Å²) in [5.74, 6) is -0.773. The number of rotatable bonds is 8. The first-order chi connectivity index (χ1) is 15.5. The van der Waals surface area contributed by atoms with Gasteiger partial charge in [-0.05, 0) is 35.9 Å². The Labute approximate surface area is 190 Å². The quantitative estimate of drug-likeness (QED) is 0.348. The molecule has 3 N–H and O–H groups in total. The number of halogens is 1. The topological polar surface area (TPSA) is 91.7 Å². The second kappa shape index (κ2) is 9.68. The fraction of sp³-hybridized carbons (Fsp3) is 0.120. The van der Waals surface area contributed by atoms with E-state index in [1.807, 2.05) is 36.4 Å². The maximum absolute atomic E-state index is 11.5. The van der Waals surface area contributed by atoms with Gasteiger partial charge in [-0.15, -0.1) is 0 Å². The van der Waals surface area contributed by atoms with E-state index >= 15 is 0 Å². The van der Waals surface area contributed by atoms with Gasteiger partial charge < -0.3 is 20.3 Å². The summed E-state index contributed by atoms with van der Waals surface area (Å²) in [5.41, 5.74) is 2.75. The van der Waals surface area contributed by atoms with Crippen LogP contribution in [-0.4, -0.2) is 27.3 Å². The molecule has 3 aromatic carbocycles. The number of pyridine rings is 1. The lowest BCUT2D eigenvalue weighted by molar-refractivity contribution is -0.147. The number of ether oxygens (including phenoxy) is 1. The van der Waals surface area contributed by atoms with Gasteiger partial charge in [0, 0.05) is 22.2 Å². The highest BCUT2D eigenvalue weighted by atomic mass is 35.5. The molecule has 4 rings (SSSR count). The van der Waals surface area contributed by atoms with E-state index in [0.29, 0.717) is 22.0 Å². The molecule has 7 heteroatoms. The fourth-order valence-electron chi connectivity index (χ4n) is 3.40. The molecule has 0 aliphatic heterocycles. The summed E-state index contributed by atoms with van der Waals surface area (Å²) in [7, 11) is 0. The standard InChI is InChI=1S/C25H21ClN2O4/c26-21-10-3-2-9-20(21)23(24(29)25(30)31)28-17-7-5-8-19(14-17)32-15-18-13-12-16-6-1-4-11-22(16)27-18/h1-14,23-24,28-29H,15H2,(H,30,31)/t23-,24-/m0/s1. The minimum Gasteiger partial charge on any atom is -0.487 e. The van der Waals surface area contributed by atoms with E-state index < -0.39 is 18.1 Å². The third-order valence-corrected chi connectivity index (χ3v) is 5.35. The Bertz CT molecular complexity index is 1250. The van der Waals surface area contributed by atoms with Crippen LogP contribution in [0.2, 0.25) is 5.02 Å². The van der Waals surface area contributed by atoms with Crippen LogP contribution in [0.25, 0.3) is 10.9 Å². The van der Waals surface area contributed by atoms with Gasteiger partial charge in [0.05, 0.1) is 17.3 Å². The molecule has 162 valence electrons. The molecule has 0 saturated heterocycles. The van der Waals surface area contributed by atoms with Gasteiger partial charge in [0.1, 0.15) is 12.4 Å². The summed E-state index contributed by atoms with van der Waals surface area (Å²) in [6.07, 6.45) is -1.69. The highest BCUT2D eigenvalue weighted by molar-refractivity contribution is 6.31. The molecule has 0 aliphatic rings. The lowest BCUT2D eigenvalue weighted by atomic mass is 10.0. The van der Waals surface area contributed by atoms with E-state index in [4.69, 9.17) is 16.3 Å². The van der Waals surface area contributed by atoms with Gasteiger partial charge in [-0.1, -0.05) is 60.1 Å². The molecular formula is C25H21ClN2O4. The van der Waals surface area contributed by atoms with Crippen LogP contribution in [0, 0.1) is 0 Å². The van der Waals surface area contributed by atoms with Crippen molar-refractivity contribution in [3.8, 4) is 5.75 Å². The van der Waals surface area contributed by atoms with E-state index in [2.05, 4.69) is 10.3 Å². The number of hydrogen-bond donors (Lipinski definition) is 3. The molecular weight excluding hydrogens is 428 g/mol. The van der Waals surface area contributed by atoms with Crippen LogP contribution in [0.3, 0.4) is 0 Å². The number of carbonyl (C=O) groups is 1. The summed E-state index contributed by atoms with van der Waals surface area (Å²) in [5, 5.41) is 24.1. The van der Waals surface area contributed by atoms with E-state index in [1.165, 1.54) is 0 Å². The monoisotopic (exact) mass is 448 g/mol. The Morgan fingerprint density at radius 1 is 1.00 bits per heavy atom. The largest absolute Gasteiger partial charge is 0.487 e. The maximum atomic E-state index is 11.5. The second-order valence-electron chi connectivity index (χ2n) is 7.24. The first-order valence-electron chi connectivity index (χ1n) is 10.0. The molecule has 0 bridgehead atoms. The number of hydrogen-bond acceptors (Lipinski definition) is 5. The van der Waals surface area contributed by atoms with Crippen molar-refractivity contribution in [1.29, 1.82) is 0 Å². The first kappa shape index (κ1) is 21.6. The van der Waals surface area contributed by atoms with E-state index in [1.54, 1.807) is 48.5 Å². The molecule has 1 heterocycles. The highest BCUT2D eigenvalue weighted by Crippen LogP contribution is 2.30. The van der Waals surface area contributed by atoms with E-state index in [-0.39, 0.29) is 6.61 Å². The van der Waals surface area contributed by atoms with Crippen LogP contribution >= 0.6 is 11.6 Å². The van der Waals surface area contributed by atoms with Crippen LogP contribution in [0.4, 0.5) is 5.69 Å². The van der Waals surface area contributed by atoms with Crippen molar-refractivity contribution >= 4 is 34.2 Å². The Hall–Kier alpha value is -3.61. The number of nitrogens with one attached hydrogen (secondary N) is 1. The summed E-state index contributed by atoms with van der Waals surface area (Å²) < 4.78 is 5.89. The van der Waals surface area contributed by atoms with Gasteiger partial charge in [0.25, 0.3) is 0 Å². The number of carboxylic acid groups (broad SMARTS) is 1. The lowest BCUT2D eigenvalue weighted by Crippen LogP contribution is -2.32. The SMILES string of the molecule is O=C(O)[C@@H](O)[C@@H](Nc1cccc(OCc2ccc3ccccc3n2)c1)c1ccccc1Cl. The van der Waals surface area contributed by atoms with Crippen molar-refractivity contribution in [2.45, 2.75) is 18.8 Å². The molecule has 0 unspecified atom stereocenters. The molecule has 4 aromatic rings. The number of aliphatic hydroxyl groups excluding tert-OH is 1. The summed E-state index contributed by atoms with van der Waals surface area (Å²) in [4.78, 5) is 16.1. The number of nitrogens with zero attached hydrogens (tertiary/aromatic N) is 1. The summed E-state index contributed by atoms with van der Waals surface area (Å²) >= 11 is 6.25. The average Bonchev–Trinajstić information content (AvgIpc) is 2.81. The number of benzene rings is 3. The zero-order chi connectivity index (χ0) is 22.5. The molecule has 0 radical (unpaired) electrons. The lowest BCUT2D eigenvalue weighted by Gasteiger charge is -2.24. The zero-order valence-electron chi connectivity index (χ0n) is 17.0. The predicted molar refractivity (Wildman–Crippen MR) is 124 cm³/mol. The molecule has 0 fully saturated rings. The molecule has 0 aliphatic carbocycles. The van der Waals surface area contributed by atoms with Crippen LogP contribution in [0.15, 0.2) is 84.9 Å². The molecule has 32 heavy (non-hydrogen) atoms. The maximum Gasteiger partial charge on any atom is 0.335 e. The number of aliphatic hydroxyl groups is 1. The highest BCUT2D eigenvalue weighted by Gasteiger charge is 2.29. The van der Waals surface area contributed by atoms with Crippen molar-refractivity contribution in [2.24, 2.45) is 0 Å². The number of anilines is 1. The number of aromatic nitrogens is 1. The molecule has 0 amide bonds. The van der Waals surface area contributed by atoms with Crippen LogP contribution in [0.5, 0.6) is 5.75 Å². The summed E-state index contributed by atoms with van der Waals surface area (Å²) in [6, 6.07) is 24.7.